The molecule has 1 rings (SSSR count). The van der Waals surface area contributed by atoms with Gasteiger partial charge in [-0.1, -0.05) is 6.07 Å². The summed E-state index contributed by atoms with van der Waals surface area (Å²) in [7, 11) is 1.90. The molecule has 0 aliphatic carbocycles. The largest absolute Gasteiger partial charge is 0.373 e. The van der Waals surface area contributed by atoms with Crippen LogP contribution in [-0.2, 0) is 0 Å². The van der Waals surface area contributed by atoms with E-state index in [1.165, 1.54) is 12.1 Å². The number of nitrogens with two attached hydrogens (primary N) is 1. The highest BCUT2D eigenvalue weighted by Gasteiger charge is 2.03. The van der Waals surface area contributed by atoms with Crippen LogP contribution in [0, 0.1) is 5.82 Å². The molecule has 3 heteroatoms. The summed E-state index contributed by atoms with van der Waals surface area (Å²) in [6.45, 7) is 2.65. The minimum Gasteiger partial charge on any atom is -0.373 e. The van der Waals surface area contributed by atoms with Crippen LogP contribution in [0.4, 0.5) is 10.1 Å². The van der Waals surface area contributed by atoms with Crippen LogP contribution >= 0.6 is 0 Å². The summed E-state index contributed by atoms with van der Waals surface area (Å²) in [5, 5.41) is 0. The van der Waals surface area contributed by atoms with Gasteiger partial charge in [-0.15, -0.1) is 0 Å². The van der Waals surface area contributed by atoms with Gasteiger partial charge in [-0.05, 0) is 25.1 Å². The Balaban J connectivity index is 2.71. The summed E-state index contributed by atoms with van der Waals surface area (Å²) in [5.41, 5.74) is 6.49. The number of nitrogens with zero attached hydrogens (tertiary/aromatic N) is 1. The molecule has 0 spiro atoms. The van der Waals surface area contributed by atoms with Crippen LogP contribution in [0.15, 0.2) is 24.3 Å². The van der Waals surface area contributed by atoms with Gasteiger partial charge in [-0.25, -0.2) is 4.39 Å². The molecule has 2 N–H and O–H groups in total. The quantitative estimate of drug-likeness (QED) is 0.769. The Bertz CT molecular complexity index is 273. The number of rotatable bonds is 3. The van der Waals surface area contributed by atoms with Crippen LogP contribution in [0.3, 0.4) is 0 Å². The molecule has 1 aromatic rings. The molecule has 0 heterocycles. The predicted octanol–water partition coefficient (Wildman–Crippen LogP) is 1.61. The molecule has 0 saturated heterocycles. The van der Waals surface area contributed by atoms with Gasteiger partial charge in [-0.3, -0.25) is 0 Å². The van der Waals surface area contributed by atoms with Gasteiger partial charge in [0.1, 0.15) is 5.82 Å². The summed E-state index contributed by atoms with van der Waals surface area (Å²) < 4.78 is 12.8. The van der Waals surface area contributed by atoms with Crippen LogP contribution < -0.4 is 10.6 Å². The van der Waals surface area contributed by atoms with Crippen LogP contribution in [-0.4, -0.2) is 19.6 Å². The molecule has 0 bridgehead atoms. The maximum atomic E-state index is 12.8. The third-order valence-electron chi connectivity index (χ3n) is 1.81. The fourth-order valence-corrected chi connectivity index (χ4v) is 1.25. The van der Waals surface area contributed by atoms with Gasteiger partial charge in [0.2, 0.25) is 0 Å². The Morgan fingerprint density at radius 1 is 1.54 bits per heavy atom. The summed E-state index contributed by atoms with van der Waals surface area (Å²) in [5.74, 6) is -0.214. The SMILES string of the molecule is C[C@@H](N)CN(C)c1cccc(F)c1. The molecular formula is C10H15FN2. The van der Waals surface area contributed by atoms with E-state index < -0.39 is 0 Å². The average molecular weight is 182 g/mol. The molecule has 0 unspecified atom stereocenters. The predicted molar refractivity (Wildman–Crippen MR) is 53.3 cm³/mol. The van der Waals surface area contributed by atoms with Crippen LogP contribution in [0.2, 0.25) is 0 Å². The minimum absolute atomic E-state index is 0.0910. The lowest BCUT2D eigenvalue weighted by molar-refractivity contribution is 0.626. The van der Waals surface area contributed by atoms with E-state index in [0.29, 0.717) is 0 Å². The third-order valence-corrected chi connectivity index (χ3v) is 1.81. The smallest absolute Gasteiger partial charge is 0.125 e. The number of hydrogen-bond acceptors (Lipinski definition) is 2. The molecule has 1 atom stereocenters. The first kappa shape index (κ1) is 9.99. The second-order valence-corrected chi connectivity index (χ2v) is 3.34. The Labute approximate surface area is 78.2 Å². The molecule has 1 aromatic carbocycles. The fourth-order valence-electron chi connectivity index (χ4n) is 1.25. The maximum Gasteiger partial charge on any atom is 0.125 e. The normalized spacial score (nSPS) is 12.6. The monoisotopic (exact) mass is 182 g/mol. The second kappa shape index (κ2) is 4.23. The van der Waals surface area contributed by atoms with E-state index >= 15 is 0 Å². The van der Waals surface area contributed by atoms with Gasteiger partial charge in [-0.2, -0.15) is 0 Å². The van der Waals surface area contributed by atoms with Crippen molar-refractivity contribution in [2.75, 3.05) is 18.5 Å². The molecule has 2 nitrogen and oxygen atoms in total. The Kier molecular flexibility index (Phi) is 3.25. The van der Waals surface area contributed by atoms with E-state index in [1.54, 1.807) is 6.07 Å². The standard InChI is InChI=1S/C10H15FN2/c1-8(12)7-13(2)10-5-3-4-9(11)6-10/h3-6,8H,7,12H2,1-2H3/t8-/m1/s1. The summed E-state index contributed by atoms with van der Waals surface area (Å²) in [4.78, 5) is 1.94. The number of hydrogen-bond donors (Lipinski definition) is 1. The van der Waals surface area contributed by atoms with Crippen LogP contribution in [0.25, 0.3) is 0 Å². The molecule has 0 saturated carbocycles. The molecular weight excluding hydrogens is 167 g/mol. The minimum atomic E-state index is -0.214. The average Bonchev–Trinajstić information content (AvgIpc) is 2.03. The van der Waals surface area contributed by atoms with Gasteiger partial charge >= 0.3 is 0 Å². The molecule has 0 fully saturated rings. The first-order valence-electron chi connectivity index (χ1n) is 4.32. The van der Waals surface area contributed by atoms with Crippen molar-refractivity contribution in [1.29, 1.82) is 0 Å². The van der Waals surface area contributed by atoms with E-state index in [-0.39, 0.29) is 11.9 Å². The lowest BCUT2D eigenvalue weighted by Crippen LogP contribution is -2.32. The van der Waals surface area contributed by atoms with E-state index in [9.17, 15) is 4.39 Å². The van der Waals surface area contributed by atoms with Crippen molar-refractivity contribution in [3.8, 4) is 0 Å². The zero-order valence-corrected chi connectivity index (χ0v) is 8.00. The van der Waals surface area contributed by atoms with E-state index in [1.807, 2.05) is 24.9 Å². The van der Waals surface area contributed by atoms with Crippen molar-refractivity contribution in [3.05, 3.63) is 30.1 Å². The van der Waals surface area contributed by atoms with Crippen molar-refractivity contribution in [2.24, 2.45) is 5.73 Å². The molecule has 13 heavy (non-hydrogen) atoms. The summed E-state index contributed by atoms with van der Waals surface area (Å²) in [6.07, 6.45) is 0. The third kappa shape index (κ3) is 3.03. The zero-order chi connectivity index (χ0) is 9.84. The van der Waals surface area contributed by atoms with Crippen LogP contribution in [0.5, 0.6) is 0 Å². The Morgan fingerprint density at radius 2 is 2.23 bits per heavy atom. The molecule has 0 amide bonds. The summed E-state index contributed by atoms with van der Waals surface area (Å²) >= 11 is 0. The van der Waals surface area contributed by atoms with Crippen molar-refractivity contribution in [3.63, 3.8) is 0 Å². The van der Waals surface area contributed by atoms with Crippen molar-refractivity contribution >= 4 is 5.69 Å². The van der Waals surface area contributed by atoms with Gasteiger partial charge < -0.3 is 10.6 Å². The van der Waals surface area contributed by atoms with Gasteiger partial charge in [0.15, 0.2) is 0 Å². The highest BCUT2D eigenvalue weighted by Crippen LogP contribution is 2.13. The zero-order valence-electron chi connectivity index (χ0n) is 8.00. The number of anilines is 1. The first-order valence-corrected chi connectivity index (χ1v) is 4.32. The van der Waals surface area contributed by atoms with E-state index in [0.717, 1.165) is 12.2 Å². The maximum absolute atomic E-state index is 12.8. The lowest BCUT2D eigenvalue weighted by atomic mass is 10.2. The van der Waals surface area contributed by atoms with E-state index in [2.05, 4.69) is 0 Å². The highest BCUT2D eigenvalue weighted by atomic mass is 19.1. The van der Waals surface area contributed by atoms with Crippen molar-refractivity contribution < 1.29 is 4.39 Å². The molecule has 72 valence electrons. The number of likely N-dealkylation sites (N-methyl/N-ethyl adjacent to an activating group) is 1. The van der Waals surface area contributed by atoms with Gasteiger partial charge in [0.05, 0.1) is 0 Å². The Morgan fingerprint density at radius 3 is 2.77 bits per heavy atom. The molecule has 0 aromatic heterocycles. The Hall–Kier alpha value is -1.09. The topological polar surface area (TPSA) is 29.3 Å². The molecule has 0 radical (unpaired) electrons. The molecule has 0 aliphatic rings. The van der Waals surface area contributed by atoms with Gasteiger partial charge in [0, 0.05) is 25.3 Å². The number of halogens is 1. The number of benzene rings is 1. The molecule has 0 aliphatic heterocycles. The lowest BCUT2D eigenvalue weighted by Gasteiger charge is -2.21. The highest BCUT2D eigenvalue weighted by molar-refractivity contribution is 5.45. The van der Waals surface area contributed by atoms with Crippen molar-refractivity contribution in [2.45, 2.75) is 13.0 Å². The second-order valence-electron chi connectivity index (χ2n) is 3.34. The fraction of sp³-hybridized carbons (Fsp3) is 0.400. The first-order chi connectivity index (χ1) is 6.09. The van der Waals surface area contributed by atoms with E-state index in [4.69, 9.17) is 5.73 Å². The van der Waals surface area contributed by atoms with Crippen LogP contribution in [0.1, 0.15) is 6.92 Å². The summed E-state index contributed by atoms with van der Waals surface area (Å²) in [6, 6.07) is 6.59. The van der Waals surface area contributed by atoms with Crippen molar-refractivity contribution in [1.82, 2.24) is 0 Å². The van der Waals surface area contributed by atoms with Gasteiger partial charge in [0.25, 0.3) is 0 Å².